The van der Waals surface area contributed by atoms with Gasteiger partial charge in [0.15, 0.2) is 0 Å². The van der Waals surface area contributed by atoms with Crippen LogP contribution in [0.1, 0.15) is 55.6 Å². The number of piperidine rings is 1. The monoisotopic (exact) mass is 370 g/mol. The molecule has 1 aromatic carbocycles. The molecular weight excluding hydrogens is 345 g/mol. The number of aliphatic carboxylic acids is 1. The highest BCUT2D eigenvalue weighted by molar-refractivity contribution is 5.76. The molecule has 1 aliphatic heterocycles. The fourth-order valence-electron chi connectivity index (χ4n) is 3.34. The highest BCUT2D eigenvalue weighted by Gasteiger charge is 2.38. The maximum absolute atomic E-state index is 10.6. The fourth-order valence-corrected chi connectivity index (χ4v) is 3.34. The average molecular weight is 370 g/mol. The highest BCUT2D eigenvalue weighted by Crippen LogP contribution is 2.34. The lowest BCUT2D eigenvalue weighted by molar-refractivity contribution is -0.192. The van der Waals surface area contributed by atoms with Gasteiger partial charge in [-0.3, -0.25) is 0 Å². The molecule has 3 rings (SSSR count). The number of hydrogen-bond acceptors (Lipinski definition) is 3. The van der Waals surface area contributed by atoms with Crippen molar-refractivity contribution in [2.24, 2.45) is 0 Å². The van der Waals surface area contributed by atoms with Crippen LogP contribution < -0.4 is 11.1 Å². The smallest absolute Gasteiger partial charge is 0.475 e. The van der Waals surface area contributed by atoms with Crippen molar-refractivity contribution in [3.63, 3.8) is 0 Å². The highest BCUT2D eigenvalue weighted by atomic mass is 19.4. The third kappa shape index (κ3) is 5.76. The van der Waals surface area contributed by atoms with Gasteiger partial charge in [0.05, 0.1) is 0 Å². The molecule has 1 saturated heterocycles. The van der Waals surface area contributed by atoms with E-state index in [4.69, 9.17) is 15.6 Å². The number of allylic oxidation sites excluding steroid dienone is 2. The number of hydrogen-bond donors (Lipinski definition) is 3. The van der Waals surface area contributed by atoms with Gasteiger partial charge in [0, 0.05) is 11.3 Å². The Morgan fingerprint density at radius 3 is 2.38 bits per heavy atom. The Hall–Kier alpha value is -2.02. The largest absolute Gasteiger partial charge is 0.490 e. The first kappa shape index (κ1) is 20.3. The van der Waals surface area contributed by atoms with E-state index in [-0.39, 0.29) is 0 Å². The molecule has 0 atom stereocenters. The molecule has 7 heteroatoms. The third-order valence-corrected chi connectivity index (χ3v) is 4.77. The van der Waals surface area contributed by atoms with Gasteiger partial charge in [-0.2, -0.15) is 13.2 Å². The van der Waals surface area contributed by atoms with Crippen molar-refractivity contribution >= 4 is 17.2 Å². The molecule has 0 bridgehead atoms. The lowest BCUT2D eigenvalue weighted by atomic mass is 9.86. The van der Waals surface area contributed by atoms with Gasteiger partial charge >= 0.3 is 12.1 Å². The molecule has 0 unspecified atom stereocenters. The Labute approximate surface area is 151 Å². The van der Waals surface area contributed by atoms with E-state index in [1.165, 1.54) is 55.2 Å². The Bertz CT molecular complexity index is 651. The van der Waals surface area contributed by atoms with Gasteiger partial charge in [0.2, 0.25) is 0 Å². The maximum Gasteiger partial charge on any atom is 0.490 e. The summed E-state index contributed by atoms with van der Waals surface area (Å²) in [5.74, 6) is -2.04. The molecule has 1 aliphatic carbocycles. The Balaban J connectivity index is 0.000000298. The minimum atomic E-state index is -5.08. The molecule has 0 aromatic heterocycles. The molecule has 0 saturated carbocycles. The van der Waals surface area contributed by atoms with Crippen LogP contribution in [0, 0.1) is 0 Å². The molecule has 26 heavy (non-hydrogen) atoms. The van der Waals surface area contributed by atoms with E-state index in [1.807, 2.05) is 0 Å². The van der Waals surface area contributed by atoms with Crippen molar-refractivity contribution in [1.82, 2.24) is 5.32 Å². The van der Waals surface area contributed by atoms with Gasteiger partial charge in [0.1, 0.15) is 0 Å². The van der Waals surface area contributed by atoms with E-state index in [0.717, 1.165) is 18.8 Å². The van der Waals surface area contributed by atoms with E-state index in [9.17, 15) is 13.2 Å². The summed E-state index contributed by atoms with van der Waals surface area (Å²) in [5.41, 5.74) is 11.4. The summed E-state index contributed by atoms with van der Waals surface area (Å²) in [6, 6.07) is 6.71. The molecule has 1 aromatic rings. The molecule has 2 aliphatic rings. The molecule has 144 valence electrons. The van der Waals surface area contributed by atoms with Crippen molar-refractivity contribution in [3.8, 4) is 0 Å². The number of nitrogens with two attached hydrogens (primary N) is 1. The van der Waals surface area contributed by atoms with Crippen LogP contribution >= 0.6 is 0 Å². The zero-order valence-electron chi connectivity index (χ0n) is 14.6. The topological polar surface area (TPSA) is 75.3 Å². The quantitative estimate of drug-likeness (QED) is 0.678. The number of carboxylic acid groups (broad SMARTS) is 1. The number of rotatable bonds is 2. The van der Waals surface area contributed by atoms with Crippen LogP contribution in [0.3, 0.4) is 0 Å². The van der Waals surface area contributed by atoms with E-state index in [2.05, 4.69) is 29.6 Å². The average Bonchev–Trinajstić information content (AvgIpc) is 2.63. The van der Waals surface area contributed by atoms with Crippen LogP contribution in [0.25, 0.3) is 5.57 Å². The van der Waals surface area contributed by atoms with Crippen LogP contribution in [-0.2, 0) is 4.79 Å². The minimum absolute atomic E-state index is 0.713. The van der Waals surface area contributed by atoms with Crippen molar-refractivity contribution in [2.75, 3.05) is 18.8 Å². The summed E-state index contributed by atoms with van der Waals surface area (Å²) >= 11 is 0. The number of nitrogens with one attached hydrogen (secondary N) is 1. The second kappa shape index (κ2) is 9.07. The molecule has 1 heterocycles. The summed E-state index contributed by atoms with van der Waals surface area (Å²) in [6.45, 7) is 2.29. The van der Waals surface area contributed by atoms with Crippen LogP contribution in [0.4, 0.5) is 18.9 Å². The normalized spacial score (nSPS) is 18.5. The zero-order chi connectivity index (χ0) is 19.2. The van der Waals surface area contributed by atoms with E-state index in [0.29, 0.717) is 5.92 Å². The molecule has 1 fully saturated rings. The second-order valence-corrected chi connectivity index (χ2v) is 6.65. The van der Waals surface area contributed by atoms with Crippen LogP contribution in [0.2, 0.25) is 0 Å². The number of halogens is 3. The van der Waals surface area contributed by atoms with E-state index in [1.54, 1.807) is 0 Å². The Morgan fingerprint density at radius 2 is 1.85 bits per heavy atom. The summed E-state index contributed by atoms with van der Waals surface area (Å²) in [6.07, 6.45) is 4.86. The summed E-state index contributed by atoms with van der Waals surface area (Å²) in [4.78, 5) is 8.90. The van der Waals surface area contributed by atoms with E-state index >= 15 is 0 Å². The van der Waals surface area contributed by atoms with Crippen molar-refractivity contribution in [2.45, 2.75) is 50.6 Å². The standard InChI is InChI=1S/C17H24N2.C2HF3O2/c18-17-7-6-15(13-8-10-19-11-9-13)12-16(17)14-4-2-1-3-5-14;3-2(4,5)1(6)7/h4,6-7,12-13,19H,1-3,5,8-11,18H2;(H,6,7). The second-order valence-electron chi connectivity index (χ2n) is 6.65. The zero-order valence-corrected chi connectivity index (χ0v) is 14.6. The van der Waals surface area contributed by atoms with Crippen molar-refractivity contribution < 1.29 is 23.1 Å². The first-order valence-corrected chi connectivity index (χ1v) is 8.88. The Kier molecular flexibility index (Phi) is 7.08. The number of benzene rings is 1. The molecule has 4 nitrogen and oxygen atoms in total. The fraction of sp³-hybridized carbons (Fsp3) is 0.526. The summed E-state index contributed by atoms with van der Waals surface area (Å²) in [5, 5.41) is 10.6. The molecule has 0 radical (unpaired) electrons. The van der Waals surface area contributed by atoms with Crippen LogP contribution in [0.15, 0.2) is 24.3 Å². The molecule has 4 N–H and O–H groups in total. The number of carboxylic acids is 1. The number of carbonyl (C=O) groups is 1. The van der Waals surface area contributed by atoms with Gasteiger partial charge in [-0.05, 0) is 80.8 Å². The maximum atomic E-state index is 10.6. The van der Waals surface area contributed by atoms with Crippen molar-refractivity contribution in [3.05, 3.63) is 35.4 Å². The van der Waals surface area contributed by atoms with Gasteiger partial charge in [-0.25, -0.2) is 4.79 Å². The first-order chi connectivity index (χ1) is 12.3. The van der Waals surface area contributed by atoms with Gasteiger partial charge < -0.3 is 16.2 Å². The van der Waals surface area contributed by atoms with E-state index < -0.39 is 12.1 Å². The Morgan fingerprint density at radius 1 is 1.19 bits per heavy atom. The third-order valence-electron chi connectivity index (χ3n) is 4.77. The first-order valence-electron chi connectivity index (χ1n) is 8.88. The predicted molar refractivity (Wildman–Crippen MR) is 95.8 cm³/mol. The van der Waals surface area contributed by atoms with Crippen LogP contribution in [0.5, 0.6) is 0 Å². The molecular formula is C19H25F3N2O2. The molecule has 0 spiro atoms. The lowest BCUT2D eigenvalue weighted by Gasteiger charge is -2.24. The summed E-state index contributed by atoms with van der Waals surface area (Å²) in [7, 11) is 0. The van der Waals surface area contributed by atoms with Gasteiger partial charge in [-0.1, -0.05) is 12.1 Å². The minimum Gasteiger partial charge on any atom is -0.475 e. The predicted octanol–water partition coefficient (Wildman–Crippen LogP) is 4.33. The number of anilines is 1. The SMILES string of the molecule is Nc1ccc(C2CCNCC2)cc1C1=CCCCC1.O=C(O)C(F)(F)F. The lowest BCUT2D eigenvalue weighted by Crippen LogP contribution is -2.26. The summed E-state index contributed by atoms with van der Waals surface area (Å²) < 4.78 is 31.7. The van der Waals surface area contributed by atoms with Crippen LogP contribution in [-0.4, -0.2) is 30.3 Å². The number of nitrogen functional groups attached to an aromatic ring is 1. The number of alkyl halides is 3. The molecule has 0 amide bonds. The van der Waals surface area contributed by atoms with Crippen molar-refractivity contribution in [1.29, 1.82) is 0 Å². The van der Waals surface area contributed by atoms with Gasteiger partial charge in [0.25, 0.3) is 0 Å². The van der Waals surface area contributed by atoms with Gasteiger partial charge in [-0.15, -0.1) is 0 Å².